The van der Waals surface area contributed by atoms with Crippen molar-refractivity contribution in [2.45, 2.75) is 32.7 Å². The van der Waals surface area contributed by atoms with Crippen LogP contribution in [0.25, 0.3) is 0 Å². The molecule has 0 aliphatic carbocycles. The topological polar surface area (TPSA) is 69.7 Å². The van der Waals surface area contributed by atoms with Gasteiger partial charge in [0.1, 0.15) is 0 Å². The molecule has 0 aromatic rings. The standard InChI is InChI=1S/C16H29N3O3S/c1-13(2)10-18-6-4-15(5-7-18)17-16(20)19-8-9-23(21,22)12-14(3)11-19/h14-15H,1,4-12H2,2-3H3,(H,17,20)/t14-/m1/s1. The summed E-state index contributed by atoms with van der Waals surface area (Å²) in [5.41, 5.74) is 1.16. The van der Waals surface area contributed by atoms with Gasteiger partial charge >= 0.3 is 6.03 Å². The van der Waals surface area contributed by atoms with E-state index >= 15 is 0 Å². The Morgan fingerprint density at radius 3 is 2.52 bits per heavy atom. The Bertz CT molecular complexity index is 539. The average Bonchev–Trinajstić information content (AvgIpc) is 2.57. The Hall–Kier alpha value is -1.08. The van der Waals surface area contributed by atoms with Gasteiger partial charge in [0.15, 0.2) is 9.84 Å². The van der Waals surface area contributed by atoms with Gasteiger partial charge in [0.2, 0.25) is 0 Å². The van der Waals surface area contributed by atoms with E-state index in [1.165, 1.54) is 0 Å². The SMILES string of the molecule is C=C(C)CN1CCC(NC(=O)N2CCS(=O)(=O)C[C@H](C)C2)CC1. The Balaban J connectivity index is 1.82. The van der Waals surface area contributed by atoms with E-state index in [1.807, 2.05) is 13.8 Å². The third-order valence-corrected chi connectivity index (χ3v) is 6.32. The summed E-state index contributed by atoms with van der Waals surface area (Å²) in [7, 11) is -3.02. The van der Waals surface area contributed by atoms with Crippen LogP contribution in [0.2, 0.25) is 0 Å². The molecular formula is C16H29N3O3S. The smallest absolute Gasteiger partial charge is 0.317 e. The zero-order valence-electron chi connectivity index (χ0n) is 14.3. The zero-order chi connectivity index (χ0) is 17.0. The highest BCUT2D eigenvalue weighted by atomic mass is 32.2. The van der Waals surface area contributed by atoms with Crippen LogP contribution in [0.1, 0.15) is 26.7 Å². The van der Waals surface area contributed by atoms with Crippen LogP contribution in [-0.4, -0.2) is 74.5 Å². The van der Waals surface area contributed by atoms with E-state index in [4.69, 9.17) is 0 Å². The first kappa shape index (κ1) is 18.3. The van der Waals surface area contributed by atoms with E-state index in [2.05, 4.69) is 16.8 Å². The van der Waals surface area contributed by atoms with Crippen molar-refractivity contribution in [1.82, 2.24) is 15.1 Å². The van der Waals surface area contributed by atoms with Gasteiger partial charge in [0.05, 0.1) is 11.5 Å². The van der Waals surface area contributed by atoms with Crippen LogP contribution in [0.15, 0.2) is 12.2 Å². The summed E-state index contributed by atoms with van der Waals surface area (Å²) in [6.07, 6.45) is 1.86. The summed E-state index contributed by atoms with van der Waals surface area (Å²) in [5.74, 6) is 0.239. The number of carbonyl (C=O) groups is 1. The molecule has 0 radical (unpaired) electrons. The molecule has 0 aromatic carbocycles. The number of rotatable bonds is 3. The van der Waals surface area contributed by atoms with Crippen molar-refractivity contribution in [2.75, 3.05) is 44.2 Å². The first-order valence-electron chi connectivity index (χ1n) is 8.38. The molecule has 2 saturated heterocycles. The fraction of sp³-hybridized carbons (Fsp3) is 0.812. The number of nitrogens with zero attached hydrogens (tertiary/aromatic N) is 2. The summed E-state index contributed by atoms with van der Waals surface area (Å²) >= 11 is 0. The number of nitrogens with one attached hydrogen (secondary N) is 1. The highest BCUT2D eigenvalue weighted by Gasteiger charge is 2.28. The first-order chi connectivity index (χ1) is 10.7. The third kappa shape index (κ3) is 5.80. The number of carbonyl (C=O) groups excluding carboxylic acids is 1. The summed E-state index contributed by atoms with van der Waals surface area (Å²) in [6.45, 7) is 11.5. The van der Waals surface area contributed by atoms with E-state index in [-0.39, 0.29) is 29.5 Å². The maximum Gasteiger partial charge on any atom is 0.317 e. The van der Waals surface area contributed by atoms with Gasteiger partial charge in [-0.2, -0.15) is 0 Å². The largest absolute Gasteiger partial charge is 0.335 e. The molecule has 2 aliphatic rings. The van der Waals surface area contributed by atoms with E-state index in [1.54, 1.807) is 4.90 Å². The van der Waals surface area contributed by atoms with Crippen LogP contribution in [0, 0.1) is 5.92 Å². The predicted molar refractivity (Wildman–Crippen MR) is 92.2 cm³/mol. The molecule has 132 valence electrons. The lowest BCUT2D eigenvalue weighted by Crippen LogP contribution is -2.50. The lowest BCUT2D eigenvalue weighted by atomic mass is 10.0. The third-order valence-electron chi connectivity index (χ3n) is 4.44. The molecule has 1 atom stereocenters. The summed E-state index contributed by atoms with van der Waals surface area (Å²) in [6, 6.07) is 0.0614. The lowest BCUT2D eigenvalue weighted by Gasteiger charge is -2.33. The highest BCUT2D eigenvalue weighted by Crippen LogP contribution is 2.14. The van der Waals surface area contributed by atoms with E-state index in [0.717, 1.165) is 38.0 Å². The molecule has 0 aromatic heterocycles. The van der Waals surface area contributed by atoms with Crippen molar-refractivity contribution >= 4 is 15.9 Å². The van der Waals surface area contributed by atoms with Gasteiger partial charge < -0.3 is 10.2 Å². The minimum atomic E-state index is -3.02. The Kier molecular flexibility index (Phi) is 6.08. The average molecular weight is 343 g/mol. The quantitative estimate of drug-likeness (QED) is 0.779. The minimum absolute atomic E-state index is 0.00864. The molecular weight excluding hydrogens is 314 g/mol. The molecule has 2 fully saturated rings. The maximum atomic E-state index is 12.4. The predicted octanol–water partition coefficient (Wildman–Crippen LogP) is 1.10. The van der Waals surface area contributed by atoms with E-state index < -0.39 is 9.84 Å². The van der Waals surface area contributed by atoms with Crippen LogP contribution in [0.5, 0.6) is 0 Å². The van der Waals surface area contributed by atoms with Crippen molar-refractivity contribution < 1.29 is 13.2 Å². The molecule has 7 heteroatoms. The number of amides is 2. The molecule has 2 amide bonds. The normalized spacial score (nSPS) is 26.5. The van der Waals surface area contributed by atoms with Crippen LogP contribution < -0.4 is 5.32 Å². The number of hydrogen-bond donors (Lipinski definition) is 1. The lowest BCUT2D eigenvalue weighted by molar-refractivity contribution is 0.175. The summed E-state index contributed by atoms with van der Waals surface area (Å²) < 4.78 is 23.6. The molecule has 2 aliphatic heterocycles. The number of urea groups is 1. The van der Waals surface area contributed by atoms with Gasteiger partial charge in [-0.25, -0.2) is 13.2 Å². The van der Waals surface area contributed by atoms with Crippen molar-refractivity contribution in [2.24, 2.45) is 5.92 Å². The Morgan fingerprint density at radius 1 is 1.26 bits per heavy atom. The molecule has 0 bridgehead atoms. The number of likely N-dealkylation sites (tertiary alicyclic amines) is 1. The molecule has 23 heavy (non-hydrogen) atoms. The fourth-order valence-electron chi connectivity index (χ4n) is 3.35. The van der Waals surface area contributed by atoms with Gasteiger partial charge in [0, 0.05) is 38.8 Å². The number of hydrogen-bond acceptors (Lipinski definition) is 4. The van der Waals surface area contributed by atoms with E-state index in [9.17, 15) is 13.2 Å². The van der Waals surface area contributed by atoms with Gasteiger partial charge in [0.25, 0.3) is 0 Å². The fourth-order valence-corrected chi connectivity index (χ4v) is 4.99. The highest BCUT2D eigenvalue weighted by molar-refractivity contribution is 7.91. The molecule has 0 unspecified atom stereocenters. The van der Waals surface area contributed by atoms with E-state index in [0.29, 0.717) is 13.1 Å². The van der Waals surface area contributed by atoms with Crippen molar-refractivity contribution in [3.05, 3.63) is 12.2 Å². The van der Waals surface area contributed by atoms with Crippen LogP contribution >= 0.6 is 0 Å². The van der Waals surface area contributed by atoms with Crippen LogP contribution in [0.4, 0.5) is 4.79 Å². The number of sulfone groups is 1. The first-order valence-corrected chi connectivity index (χ1v) is 10.2. The molecule has 2 heterocycles. The maximum absolute atomic E-state index is 12.4. The second-order valence-electron chi connectivity index (χ2n) is 7.12. The monoisotopic (exact) mass is 343 g/mol. The van der Waals surface area contributed by atoms with Crippen molar-refractivity contribution in [1.29, 1.82) is 0 Å². The molecule has 0 saturated carbocycles. The number of piperidine rings is 1. The minimum Gasteiger partial charge on any atom is -0.335 e. The second-order valence-corrected chi connectivity index (χ2v) is 9.35. The second kappa shape index (κ2) is 7.66. The molecule has 6 nitrogen and oxygen atoms in total. The van der Waals surface area contributed by atoms with Crippen molar-refractivity contribution in [3.8, 4) is 0 Å². The zero-order valence-corrected chi connectivity index (χ0v) is 15.1. The van der Waals surface area contributed by atoms with Gasteiger partial charge in [-0.05, 0) is 25.7 Å². The van der Waals surface area contributed by atoms with Gasteiger partial charge in [-0.15, -0.1) is 0 Å². The molecule has 0 spiro atoms. The Labute approximate surface area is 139 Å². The van der Waals surface area contributed by atoms with Crippen molar-refractivity contribution in [3.63, 3.8) is 0 Å². The van der Waals surface area contributed by atoms with Crippen LogP contribution in [0.3, 0.4) is 0 Å². The summed E-state index contributed by atoms with van der Waals surface area (Å²) in [4.78, 5) is 16.4. The van der Waals surface area contributed by atoms with Crippen LogP contribution in [-0.2, 0) is 9.84 Å². The van der Waals surface area contributed by atoms with Gasteiger partial charge in [-0.1, -0.05) is 19.1 Å². The summed E-state index contributed by atoms with van der Waals surface area (Å²) in [5, 5.41) is 3.08. The molecule has 1 N–H and O–H groups in total. The Morgan fingerprint density at radius 2 is 1.91 bits per heavy atom. The molecule has 2 rings (SSSR count). The van der Waals surface area contributed by atoms with Gasteiger partial charge in [-0.3, -0.25) is 4.90 Å².